The van der Waals surface area contributed by atoms with Gasteiger partial charge >= 0.3 is 0 Å². The van der Waals surface area contributed by atoms with Crippen LogP contribution in [-0.4, -0.2) is 42.4 Å². The maximum absolute atomic E-state index is 12.2. The summed E-state index contributed by atoms with van der Waals surface area (Å²) in [5.74, 6) is 1.04. The Hall–Kier alpha value is -1.68. The standard InChI is InChI=1S/C19H25NO3/c21-18(16-5-2-1-3-6-16)7-4-8-19(22)20-12-11-17(13-20)23-14-15-9-10-15/h1-3,5-6,15,17H,4,7-14H2/t17-/m1/s1. The van der Waals surface area contributed by atoms with Crippen LogP contribution < -0.4 is 0 Å². The van der Waals surface area contributed by atoms with Gasteiger partial charge in [0.15, 0.2) is 5.78 Å². The van der Waals surface area contributed by atoms with E-state index in [-0.39, 0.29) is 17.8 Å². The molecule has 1 amide bonds. The molecule has 23 heavy (non-hydrogen) atoms. The maximum Gasteiger partial charge on any atom is 0.222 e. The summed E-state index contributed by atoms with van der Waals surface area (Å²) >= 11 is 0. The van der Waals surface area contributed by atoms with E-state index in [1.165, 1.54) is 12.8 Å². The van der Waals surface area contributed by atoms with Crippen molar-refractivity contribution in [3.8, 4) is 0 Å². The lowest BCUT2D eigenvalue weighted by Gasteiger charge is -2.16. The molecule has 2 fully saturated rings. The van der Waals surface area contributed by atoms with Gasteiger partial charge in [-0.3, -0.25) is 9.59 Å². The fourth-order valence-electron chi connectivity index (χ4n) is 2.97. The summed E-state index contributed by atoms with van der Waals surface area (Å²) in [5.41, 5.74) is 0.731. The van der Waals surface area contributed by atoms with Crippen LogP contribution >= 0.6 is 0 Å². The molecule has 1 atom stereocenters. The smallest absolute Gasteiger partial charge is 0.222 e. The minimum absolute atomic E-state index is 0.116. The van der Waals surface area contributed by atoms with Crippen LogP contribution in [0, 0.1) is 5.92 Å². The zero-order valence-electron chi connectivity index (χ0n) is 13.6. The summed E-state index contributed by atoms with van der Waals surface area (Å²) in [4.78, 5) is 26.1. The summed E-state index contributed by atoms with van der Waals surface area (Å²) in [6.07, 6.45) is 5.26. The van der Waals surface area contributed by atoms with Crippen LogP contribution in [-0.2, 0) is 9.53 Å². The van der Waals surface area contributed by atoms with E-state index in [2.05, 4.69) is 0 Å². The minimum Gasteiger partial charge on any atom is -0.376 e. The first kappa shape index (κ1) is 16.2. The third kappa shape index (κ3) is 4.90. The molecule has 4 heteroatoms. The van der Waals surface area contributed by atoms with Crippen molar-refractivity contribution < 1.29 is 14.3 Å². The molecule has 124 valence electrons. The second-order valence-electron chi connectivity index (χ2n) is 6.67. The molecule has 1 heterocycles. The molecule has 3 rings (SSSR count). The highest BCUT2D eigenvalue weighted by Crippen LogP contribution is 2.30. The largest absolute Gasteiger partial charge is 0.376 e. The molecule has 1 aromatic carbocycles. The quantitative estimate of drug-likeness (QED) is 0.693. The monoisotopic (exact) mass is 315 g/mol. The number of ether oxygens (including phenoxy) is 1. The van der Waals surface area contributed by atoms with Crippen molar-refractivity contribution in [3.63, 3.8) is 0 Å². The summed E-state index contributed by atoms with van der Waals surface area (Å²) in [7, 11) is 0. The number of hydrogen-bond acceptors (Lipinski definition) is 3. The number of carbonyl (C=O) groups excluding carboxylic acids is 2. The van der Waals surface area contributed by atoms with Crippen molar-refractivity contribution in [1.29, 1.82) is 0 Å². The van der Waals surface area contributed by atoms with Crippen molar-refractivity contribution in [2.75, 3.05) is 19.7 Å². The SMILES string of the molecule is O=C(CCCC(=O)N1CC[C@@H](OCC2CC2)C1)c1ccccc1. The number of nitrogens with zero attached hydrogens (tertiary/aromatic N) is 1. The van der Waals surface area contributed by atoms with Crippen molar-refractivity contribution in [3.05, 3.63) is 35.9 Å². The van der Waals surface area contributed by atoms with E-state index in [1.54, 1.807) is 0 Å². The third-order valence-electron chi connectivity index (χ3n) is 4.65. The van der Waals surface area contributed by atoms with Gasteiger partial charge < -0.3 is 9.64 Å². The number of ketones is 1. The van der Waals surface area contributed by atoms with E-state index in [4.69, 9.17) is 4.74 Å². The van der Waals surface area contributed by atoms with Crippen LogP contribution in [0.5, 0.6) is 0 Å². The summed E-state index contributed by atoms with van der Waals surface area (Å²) < 4.78 is 5.86. The Morgan fingerprint density at radius 2 is 1.87 bits per heavy atom. The van der Waals surface area contributed by atoms with Crippen molar-refractivity contribution in [2.24, 2.45) is 5.92 Å². The molecule has 2 aliphatic rings. The topological polar surface area (TPSA) is 46.6 Å². The van der Waals surface area contributed by atoms with Crippen molar-refractivity contribution in [2.45, 2.75) is 44.6 Å². The molecule has 1 aliphatic carbocycles. The average Bonchev–Trinajstić information content (AvgIpc) is 3.29. The molecule has 0 spiro atoms. The Labute approximate surface area is 137 Å². The predicted molar refractivity (Wildman–Crippen MR) is 88.3 cm³/mol. The molecule has 0 N–H and O–H groups in total. The fourth-order valence-corrected chi connectivity index (χ4v) is 2.97. The number of rotatable bonds is 8. The molecule has 0 radical (unpaired) electrons. The average molecular weight is 315 g/mol. The van der Waals surface area contributed by atoms with Gasteiger partial charge in [-0.2, -0.15) is 0 Å². The molecule has 1 aromatic rings. The number of benzene rings is 1. The molecule has 0 bridgehead atoms. The van der Waals surface area contributed by atoms with Crippen LogP contribution in [0.1, 0.15) is 48.9 Å². The lowest BCUT2D eigenvalue weighted by molar-refractivity contribution is -0.130. The Morgan fingerprint density at radius 3 is 2.61 bits per heavy atom. The lowest BCUT2D eigenvalue weighted by atomic mass is 10.1. The summed E-state index contributed by atoms with van der Waals surface area (Å²) in [6, 6.07) is 9.28. The van der Waals surface area contributed by atoms with E-state index in [1.807, 2.05) is 35.2 Å². The van der Waals surface area contributed by atoms with Gasteiger partial charge in [0.2, 0.25) is 5.91 Å². The normalized spacial score (nSPS) is 20.7. The molecule has 0 aromatic heterocycles. The molecule has 1 saturated carbocycles. The molecule has 0 unspecified atom stereocenters. The fraction of sp³-hybridized carbons (Fsp3) is 0.579. The van der Waals surface area contributed by atoms with Gasteiger partial charge in [0, 0.05) is 38.1 Å². The number of amides is 1. The van der Waals surface area contributed by atoms with Crippen LogP contribution in [0.3, 0.4) is 0 Å². The van der Waals surface area contributed by atoms with Crippen LogP contribution in [0.4, 0.5) is 0 Å². The van der Waals surface area contributed by atoms with Crippen molar-refractivity contribution in [1.82, 2.24) is 4.90 Å². The van der Waals surface area contributed by atoms with Gasteiger partial charge in [-0.15, -0.1) is 0 Å². The minimum atomic E-state index is 0.116. The van der Waals surface area contributed by atoms with Gasteiger partial charge in [0.25, 0.3) is 0 Å². The van der Waals surface area contributed by atoms with Crippen LogP contribution in [0.2, 0.25) is 0 Å². The molecular weight excluding hydrogens is 290 g/mol. The molecular formula is C19H25NO3. The van der Waals surface area contributed by atoms with Gasteiger partial charge in [0.05, 0.1) is 6.10 Å². The zero-order chi connectivity index (χ0) is 16.1. The summed E-state index contributed by atoms with van der Waals surface area (Å²) in [6.45, 7) is 2.37. The Morgan fingerprint density at radius 1 is 1.09 bits per heavy atom. The second-order valence-corrected chi connectivity index (χ2v) is 6.67. The first-order valence-corrected chi connectivity index (χ1v) is 8.70. The highest BCUT2D eigenvalue weighted by Gasteiger charge is 2.29. The van der Waals surface area contributed by atoms with Crippen LogP contribution in [0.15, 0.2) is 30.3 Å². The van der Waals surface area contributed by atoms with E-state index in [0.717, 1.165) is 37.6 Å². The third-order valence-corrected chi connectivity index (χ3v) is 4.65. The highest BCUT2D eigenvalue weighted by atomic mass is 16.5. The molecule has 4 nitrogen and oxygen atoms in total. The van der Waals surface area contributed by atoms with E-state index >= 15 is 0 Å². The number of likely N-dealkylation sites (tertiary alicyclic amines) is 1. The maximum atomic E-state index is 12.2. The van der Waals surface area contributed by atoms with E-state index in [9.17, 15) is 9.59 Å². The first-order chi connectivity index (χ1) is 11.2. The Kier molecular flexibility index (Phi) is 5.44. The van der Waals surface area contributed by atoms with Crippen molar-refractivity contribution >= 4 is 11.7 Å². The Bertz CT molecular complexity index is 539. The van der Waals surface area contributed by atoms with E-state index < -0.39 is 0 Å². The predicted octanol–water partition coefficient (Wildman–Crippen LogP) is 3.07. The summed E-state index contributed by atoms with van der Waals surface area (Å²) in [5, 5.41) is 0. The molecule has 1 saturated heterocycles. The highest BCUT2D eigenvalue weighted by molar-refractivity contribution is 5.96. The second kappa shape index (κ2) is 7.73. The van der Waals surface area contributed by atoms with Gasteiger partial charge in [-0.25, -0.2) is 0 Å². The number of carbonyl (C=O) groups is 2. The Balaban J connectivity index is 1.34. The van der Waals surface area contributed by atoms with Crippen LogP contribution in [0.25, 0.3) is 0 Å². The van der Waals surface area contributed by atoms with Gasteiger partial charge in [0.1, 0.15) is 0 Å². The number of hydrogen-bond donors (Lipinski definition) is 0. The lowest BCUT2D eigenvalue weighted by Crippen LogP contribution is -2.30. The van der Waals surface area contributed by atoms with E-state index in [0.29, 0.717) is 19.3 Å². The molecule has 1 aliphatic heterocycles. The van der Waals surface area contributed by atoms with Gasteiger partial charge in [-0.1, -0.05) is 30.3 Å². The first-order valence-electron chi connectivity index (χ1n) is 8.70. The van der Waals surface area contributed by atoms with Gasteiger partial charge in [-0.05, 0) is 31.6 Å². The zero-order valence-corrected chi connectivity index (χ0v) is 13.6. The number of Topliss-reactive ketones (excluding diaryl/α,β-unsaturated/α-hetero) is 1.